The van der Waals surface area contributed by atoms with Crippen LogP contribution in [0.3, 0.4) is 0 Å². The number of aromatic hydroxyl groups is 1. The summed E-state index contributed by atoms with van der Waals surface area (Å²) in [5.41, 5.74) is 1.89. The molecule has 31 heavy (non-hydrogen) atoms. The number of phenols is 1. The van der Waals surface area contributed by atoms with Gasteiger partial charge in [0.05, 0.1) is 0 Å². The Bertz CT molecular complexity index is 909. The monoisotopic (exact) mass is 430 g/mol. The second kappa shape index (κ2) is 7.84. The van der Waals surface area contributed by atoms with Crippen LogP contribution in [0.2, 0.25) is 0 Å². The summed E-state index contributed by atoms with van der Waals surface area (Å²) < 4.78 is 17.1. The minimum absolute atomic E-state index is 0.120. The molecule has 7 heteroatoms. The van der Waals surface area contributed by atoms with Gasteiger partial charge in [0.2, 0.25) is 0 Å². The summed E-state index contributed by atoms with van der Waals surface area (Å²) in [6.07, 6.45) is 1.10. The van der Waals surface area contributed by atoms with Crippen LogP contribution in [-0.4, -0.2) is 41.3 Å². The van der Waals surface area contributed by atoms with Gasteiger partial charge in [-0.25, -0.2) is 0 Å². The number of esters is 3. The predicted octanol–water partition coefficient (Wildman–Crippen LogP) is 3.26. The Morgan fingerprint density at radius 3 is 2.26 bits per heavy atom. The van der Waals surface area contributed by atoms with Crippen LogP contribution in [0.25, 0.3) is 0 Å². The van der Waals surface area contributed by atoms with Gasteiger partial charge in [0.1, 0.15) is 18.0 Å². The van der Waals surface area contributed by atoms with Gasteiger partial charge in [-0.05, 0) is 60.8 Å². The lowest BCUT2D eigenvalue weighted by atomic mass is 9.55. The maximum absolute atomic E-state index is 12.0. The third kappa shape index (κ3) is 3.68. The molecule has 1 N–H and O–H groups in total. The van der Waals surface area contributed by atoms with Crippen LogP contribution in [0.4, 0.5) is 0 Å². The Morgan fingerprint density at radius 1 is 0.968 bits per heavy atom. The van der Waals surface area contributed by atoms with Crippen LogP contribution in [-0.2, 0) is 35.0 Å². The molecule has 0 amide bonds. The molecule has 7 nitrogen and oxygen atoms in total. The van der Waals surface area contributed by atoms with Crippen molar-refractivity contribution in [2.45, 2.75) is 77.6 Å². The zero-order chi connectivity index (χ0) is 22.5. The highest BCUT2D eigenvalue weighted by Gasteiger charge is 2.67. The number of carbonyl (C=O) groups excluding carboxylic acids is 3. The summed E-state index contributed by atoms with van der Waals surface area (Å²) in [5.74, 6) is -0.823. The van der Waals surface area contributed by atoms with Gasteiger partial charge in [-0.1, -0.05) is 13.0 Å². The number of ether oxygens (including phenoxy) is 3. The number of hydrogen-bond acceptors (Lipinski definition) is 7. The van der Waals surface area contributed by atoms with Crippen molar-refractivity contribution < 1.29 is 33.7 Å². The van der Waals surface area contributed by atoms with E-state index in [1.165, 1.54) is 26.3 Å². The van der Waals surface area contributed by atoms with Crippen molar-refractivity contribution in [3.05, 3.63) is 29.3 Å². The van der Waals surface area contributed by atoms with Gasteiger partial charge in [-0.3, -0.25) is 14.4 Å². The number of carbonyl (C=O) groups is 3. The number of aryl methyl sites for hydroxylation is 1. The Morgan fingerprint density at radius 2 is 1.61 bits per heavy atom. The summed E-state index contributed by atoms with van der Waals surface area (Å²) in [6.45, 7) is 6.07. The molecule has 0 aliphatic heterocycles. The van der Waals surface area contributed by atoms with Crippen LogP contribution < -0.4 is 0 Å². The highest BCUT2D eigenvalue weighted by atomic mass is 16.6. The molecule has 1 aromatic carbocycles. The SMILES string of the molecule is CC(=O)O[C@@H]1[C@H](OC(C)=O)C2C3CCc4cc(O)ccc4C3CC[C@]2(C)[C@H]1OC(C)=O. The minimum atomic E-state index is -0.833. The molecule has 0 bridgehead atoms. The maximum atomic E-state index is 12.0. The fraction of sp³-hybridized carbons (Fsp3) is 0.625. The third-order valence-electron chi connectivity index (χ3n) is 7.53. The lowest BCUT2D eigenvalue weighted by molar-refractivity contribution is -0.178. The lowest BCUT2D eigenvalue weighted by Crippen LogP contribution is -2.47. The molecule has 2 fully saturated rings. The van der Waals surface area contributed by atoms with Gasteiger partial charge >= 0.3 is 17.9 Å². The van der Waals surface area contributed by atoms with Crippen molar-refractivity contribution in [3.63, 3.8) is 0 Å². The van der Waals surface area contributed by atoms with E-state index < -0.39 is 41.6 Å². The van der Waals surface area contributed by atoms with E-state index in [9.17, 15) is 19.5 Å². The van der Waals surface area contributed by atoms with Crippen molar-refractivity contribution in [3.8, 4) is 5.75 Å². The van der Waals surface area contributed by atoms with Crippen LogP contribution in [0.5, 0.6) is 5.75 Å². The van der Waals surface area contributed by atoms with E-state index in [4.69, 9.17) is 14.2 Å². The van der Waals surface area contributed by atoms with E-state index in [2.05, 4.69) is 6.92 Å². The first-order valence-electron chi connectivity index (χ1n) is 10.9. The molecule has 4 rings (SSSR count). The third-order valence-corrected chi connectivity index (χ3v) is 7.53. The number of benzene rings is 1. The Labute approximate surface area is 182 Å². The van der Waals surface area contributed by atoms with Gasteiger partial charge in [0.25, 0.3) is 0 Å². The van der Waals surface area contributed by atoms with Crippen LogP contribution in [0, 0.1) is 17.3 Å². The van der Waals surface area contributed by atoms with E-state index in [0.29, 0.717) is 0 Å². The summed E-state index contributed by atoms with van der Waals surface area (Å²) in [5, 5.41) is 9.90. The first-order valence-corrected chi connectivity index (χ1v) is 10.9. The summed E-state index contributed by atoms with van der Waals surface area (Å²) in [6, 6.07) is 5.55. The largest absolute Gasteiger partial charge is 0.508 e. The standard InChI is InChI=1S/C24H30O7/c1-12(25)29-21-20-19-7-5-15-11-16(28)6-8-17(15)18(19)9-10-24(20,4)23(31-14(3)27)22(21)30-13(2)26/h6,8,11,18-23,28H,5,7,9-10H2,1-4H3/t18?,19?,20?,21-,22-,23+,24+/m1/s1. The number of rotatable bonds is 3. The smallest absolute Gasteiger partial charge is 0.303 e. The lowest BCUT2D eigenvalue weighted by Gasteiger charge is -2.50. The average Bonchev–Trinajstić information content (AvgIpc) is 2.88. The van der Waals surface area contributed by atoms with E-state index in [-0.39, 0.29) is 23.5 Å². The van der Waals surface area contributed by atoms with Crippen molar-refractivity contribution in [1.29, 1.82) is 0 Å². The molecule has 3 aliphatic rings. The van der Waals surface area contributed by atoms with Gasteiger partial charge in [-0.2, -0.15) is 0 Å². The van der Waals surface area contributed by atoms with Crippen molar-refractivity contribution in [1.82, 2.24) is 0 Å². The topological polar surface area (TPSA) is 99.1 Å². The van der Waals surface area contributed by atoms with Crippen molar-refractivity contribution >= 4 is 17.9 Å². The molecule has 0 spiro atoms. The number of fused-ring (bicyclic) bond motifs is 5. The number of hydrogen-bond donors (Lipinski definition) is 1. The average molecular weight is 430 g/mol. The molecule has 3 aliphatic carbocycles. The van der Waals surface area contributed by atoms with Gasteiger partial charge in [0, 0.05) is 32.1 Å². The van der Waals surface area contributed by atoms with Crippen LogP contribution in [0.15, 0.2) is 18.2 Å². The molecule has 0 radical (unpaired) electrons. The molecule has 0 aromatic heterocycles. The van der Waals surface area contributed by atoms with Crippen LogP contribution >= 0.6 is 0 Å². The van der Waals surface area contributed by atoms with Crippen molar-refractivity contribution in [2.75, 3.05) is 0 Å². The highest BCUT2D eigenvalue weighted by molar-refractivity contribution is 5.69. The quantitative estimate of drug-likeness (QED) is 0.580. The molecule has 3 unspecified atom stereocenters. The van der Waals surface area contributed by atoms with Gasteiger partial charge in [-0.15, -0.1) is 0 Å². The zero-order valence-corrected chi connectivity index (χ0v) is 18.4. The summed E-state index contributed by atoms with van der Waals surface area (Å²) in [4.78, 5) is 35.9. The number of phenolic OH excluding ortho intramolecular Hbond substituents is 1. The fourth-order valence-electron chi connectivity index (χ4n) is 6.58. The molecule has 168 valence electrons. The normalized spacial score (nSPS) is 35.9. The van der Waals surface area contributed by atoms with E-state index >= 15 is 0 Å². The maximum Gasteiger partial charge on any atom is 0.303 e. The van der Waals surface area contributed by atoms with E-state index in [0.717, 1.165) is 31.2 Å². The Kier molecular flexibility index (Phi) is 5.48. The Balaban J connectivity index is 1.78. The van der Waals surface area contributed by atoms with Gasteiger partial charge in [0.15, 0.2) is 6.10 Å². The van der Waals surface area contributed by atoms with E-state index in [1.54, 1.807) is 6.07 Å². The molecule has 0 saturated heterocycles. The van der Waals surface area contributed by atoms with Crippen LogP contribution in [0.1, 0.15) is 64.0 Å². The second-order valence-corrected chi connectivity index (χ2v) is 9.44. The molecular weight excluding hydrogens is 400 g/mol. The highest BCUT2D eigenvalue weighted by Crippen LogP contribution is 2.62. The second-order valence-electron chi connectivity index (χ2n) is 9.44. The fourth-order valence-corrected chi connectivity index (χ4v) is 6.58. The Hall–Kier alpha value is -2.57. The molecule has 7 atom stereocenters. The molecular formula is C24H30O7. The van der Waals surface area contributed by atoms with Gasteiger partial charge < -0.3 is 19.3 Å². The van der Waals surface area contributed by atoms with E-state index in [1.807, 2.05) is 12.1 Å². The molecule has 0 heterocycles. The first-order chi connectivity index (χ1) is 14.6. The predicted molar refractivity (Wildman–Crippen MR) is 110 cm³/mol. The summed E-state index contributed by atoms with van der Waals surface area (Å²) in [7, 11) is 0. The van der Waals surface area contributed by atoms with Crippen molar-refractivity contribution in [2.24, 2.45) is 17.3 Å². The minimum Gasteiger partial charge on any atom is -0.508 e. The summed E-state index contributed by atoms with van der Waals surface area (Å²) >= 11 is 0. The zero-order valence-electron chi connectivity index (χ0n) is 18.4. The molecule has 1 aromatic rings. The first kappa shape index (κ1) is 21.7. The molecule has 2 saturated carbocycles.